The molecule has 0 saturated carbocycles. The molecule has 0 atom stereocenters. The van der Waals surface area contributed by atoms with Crippen molar-refractivity contribution in [2.75, 3.05) is 9.80 Å². The molecule has 0 fully saturated rings. The van der Waals surface area contributed by atoms with Crippen LogP contribution in [0.2, 0.25) is 0 Å². The molecular weight excluding hydrogens is 840 g/mol. The minimum absolute atomic E-state index is 0.0130. The lowest BCUT2D eigenvalue weighted by atomic mass is 9.35. The maximum absolute atomic E-state index is 2.69. The first-order valence-corrected chi connectivity index (χ1v) is 25.8. The smallest absolute Gasteiger partial charge is 0.264 e. The molecule has 0 unspecified atom stereocenters. The van der Waals surface area contributed by atoms with E-state index in [0.29, 0.717) is 0 Å². The lowest BCUT2D eigenvalue weighted by molar-refractivity contribution is 0.332. The Balaban J connectivity index is 1.26. The molecule has 2 aliphatic heterocycles. The molecule has 2 nitrogen and oxygen atoms in total. The van der Waals surface area contributed by atoms with Crippen molar-refractivity contribution in [3.8, 4) is 11.1 Å². The van der Waals surface area contributed by atoms with E-state index >= 15 is 0 Å². The van der Waals surface area contributed by atoms with Crippen molar-refractivity contribution in [1.82, 2.24) is 0 Å². The van der Waals surface area contributed by atoms with Crippen LogP contribution in [0.3, 0.4) is 0 Å². The Labute approximate surface area is 411 Å². The molecule has 0 radical (unpaired) electrons. The van der Waals surface area contributed by atoms with E-state index in [2.05, 4.69) is 245 Å². The molecule has 0 N–H and O–H groups in total. The highest BCUT2D eigenvalue weighted by molar-refractivity contribution is 7.33. The number of thiophene rings is 1. The van der Waals surface area contributed by atoms with Crippen molar-refractivity contribution >= 4 is 78.0 Å². The summed E-state index contributed by atoms with van der Waals surface area (Å²) in [5.74, 6) is 0. The van der Waals surface area contributed by atoms with E-state index in [9.17, 15) is 0 Å². The normalized spacial score (nSPS) is 16.0. The number of hydrogen-bond donors (Lipinski definition) is 0. The average Bonchev–Trinajstić information content (AvgIpc) is 3.68. The Kier molecular flexibility index (Phi) is 10.1. The Morgan fingerprint density at radius 3 is 1.72 bits per heavy atom. The van der Waals surface area contributed by atoms with Crippen molar-refractivity contribution in [1.29, 1.82) is 0 Å². The molecule has 3 aliphatic rings. The molecule has 4 heteroatoms. The quantitative estimate of drug-likeness (QED) is 0.159. The molecule has 11 rings (SSSR count). The first-order chi connectivity index (χ1) is 32.1. The maximum atomic E-state index is 2.69. The zero-order chi connectivity index (χ0) is 47.9. The predicted molar refractivity (Wildman–Crippen MR) is 297 cm³/mol. The van der Waals surface area contributed by atoms with Gasteiger partial charge in [-0.15, -0.1) is 11.3 Å². The van der Waals surface area contributed by atoms with Crippen LogP contribution in [0.5, 0.6) is 0 Å². The van der Waals surface area contributed by atoms with Crippen molar-refractivity contribution in [2.24, 2.45) is 0 Å². The molecule has 8 aromatic rings. The van der Waals surface area contributed by atoms with Gasteiger partial charge in [0.25, 0.3) is 6.71 Å². The second-order valence-corrected chi connectivity index (χ2v) is 25.3. The van der Waals surface area contributed by atoms with Gasteiger partial charge in [0.1, 0.15) is 0 Å². The number of rotatable bonds is 5. The lowest BCUT2D eigenvalue weighted by Gasteiger charge is -2.47. The first-order valence-electron chi connectivity index (χ1n) is 25.0. The van der Waals surface area contributed by atoms with E-state index in [-0.39, 0.29) is 33.8 Å². The van der Waals surface area contributed by atoms with Gasteiger partial charge in [-0.05, 0) is 151 Å². The van der Waals surface area contributed by atoms with Crippen LogP contribution in [-0.4, -0.2) is 6.71 Å². The summed E-state index contributed by atoms with van der Waals surface area (Å²) in [7, 11) is 0. The van der Waals surface area contributed by atoms with Crippen molar-refractivity contribution in [3.63, 3.8) is 0 Å². The van der Waals surface area contributed by atoms with Crippen molar-refractivity contribution < 1.29 is 0 Å². The van der Waals surface area contributed by atoms with Crippen LogP contribution in [0.25, 0.3) is 21.2 Å². The summed E-state index contributed by atoms with van der Waals surface area (Å²) in [4.78, 5) is 5.34. The van der Waals surface area contributed by atoms with Gasteiger partial charge in [0.05, 0.1) is 11.4 Å². The van der Waals surface area contributed by atoms with Crippen LogP contribution >= 0.6 is 11.3 Å². The molecule has 1 aromatic heterocycles. The molecule has 3 heterocycles. The van der Waals surface area contributed by atoms with E-state index in [4.69, 9.17) is 0 Å². The third-order valence-electron chi connectivity index (χ3n) is 16.2. The highest BCUT2D eigenvalue weighted by Crippen LogP contribution is 2.53. The van der Waals surface area contributed by atoms with Gasteiger partial charge in [0, 0.05) is 48.6 Å². The highest BCUT2D eigenvalue weighted by Gasteiger charge is 2.48. The van der Waals surface area contributed by atoms with Crippen LogP contribution in [0.4, 0.5) is 34.1 Å². The summed E-state index contributed by atoms with van der Waals surface area (Å²) in [6.45, 7) is 31.0. The zero-order valence-electron chi connectivity index (χ0n) is 42.7. The van der Waals surface area contributed by atoms with Gasteiger partial charge in [-0.3, -0.25) is 0 Å². The number of hydrogen-bond acceptors (Lipinski definition) is 3. The monoisotopic (exact) mass is 907 g/mol. The van der Waals surface area contributed by atoms with Crippen LogP contribution < -0.4 is 25.5 Å². The van der Waals surface area contributed by atoms with Gasteiger partial charge in [-0.2, -0.15) is 0 Å². The fourth-order valence-electron chi connectivity index (χ4n) is 11.8. The van der Waals surface area contributed by atoms with Crippen LogP contribution in [0.15, 0.2) is 146 Å². The minimum Gasteiger partial charge on any atom is -0.311 e. The van der Waals surface area contributed by atoms with Gasteiger partial charge in [0.2, 0.25) is 0 Å². The van der Waals surface area contributed by atoms with Gasteiger partial charge >= 0.3 is 0 Å². The molecule has 0 saturated heterocycles. The van der Waals surface area contributed by atoms with Crippen LogP contribution in [-0.2, 0) is 27.1 Å². The zero-order valence-corrected chi connectivity index (χ0v) is 43.5. The highest BCUT2D eigenvalue weighted by atomic mass is 32.1. The standard InChI is InChI=1S/C64H67BN2S/c1-40-34-54-57-55(35-40)67(52-30-26-44(61(5,6)7)36-47(52)41-20-16-14-17-21-41)53-39-50-49(62(8,9)32-33-63(50,10)11)38-51(53)65(57)59-58(66(54)46-28-24-42(25-29-46)60(2,3)4)48-37-45(27-31-56(48)68-59)64(12,13)43-22-18-15-19-23-43/h14-31,34-39H,32-33H2,1-13H3. The fraction of sp³-hybridized carbons (Fsp3) is 0.312. The van der Waals surface area contributed by atoms with Gasteiger partial charge in [-0.1, -0.05) is 174 Å². The molecule has 7 aromatic carbocycles. The molecule has 1 aliphatic carbocycles. The molecule has 0 amide bonds. The number of fused-ring (bicyclic) bond motifs is 7. The minimum atomic E-state index is -0.186. The third-order valence-corrected chi connectivity index (χ3v) is 17.4. The molecule has 0 spiro atoms. The van der Waals surface area contributed by atoms with Gasteiger partial charge in [0.15, 0.2) is 0 Å². The first kappa shape index (κ1) is 44.7. The Morgan fingerprint density at radius 2 is 1.09 bits per heavy atom. The Morgan fingerprint density at radius 1 is 0.515 bits per heavy atom. The number of nitrogens with zero attached hydrogens (tertiary/aromatic N) is 2. The van der Waals surface area contributed by atoms with E-state index < -0.39 is 0 Å². The molecule has 342 valence electrons. The fourth-order valence-corrected chi connectivity index (χ4v) is 13.1. The molecule has 0 bridgehead atoms. The van der Waals surface area contributed by atoms with E-state index in [1.54, 1.807) is 0 Å². The SMILES string of the molecule is Cc1cc2c3c(c1)N(c1ccc(C(C)(C)C)cc1)c1c(sc4ccc(C(C)(C)c5ccccc5)cc14)B3c1cc3c(cc1N2c1ccc(C(C)(C)C)cc1-c1ccccc1)C(C)(C)CCC3(C)C. The maximum Gasteiger partial charge on any atom is 0.264 e. The summed E-state index contributed by atoms with van der Waals surface area (Å²) in [5, 5.41) is 1.33. The Hall–Kier alpha value is -5.84. The van der Waals surface area contributed by atoms with E-state index in [1.807, 2.05) is 11.3 Å². The Bertz CT molecular complexity index is 3280. The number of anilines is 6. The largest absolute Gasteiger partial charge is 0.311 e. The second kappa shape index (κ2) is 15.3. The van der Waals surface area contributed by atoms with E-state index in [1.165, 1.54) is 116 Å². The number of aryl methyl sites for hydroxylation is 1. The van der Waals surface area contributed by atoms with E-state index in [0.717, 1.165) is 6.42 Å². The van der Waals surface area contributed by atoms with Crippen LogP contribution in [0, 0.1) is 6.92 Å². The molecule has 68 heavy (non-hydrogen) atoms. The lowest BCUT2D eigenvalue weighted by Crippen LogP contribution is -2.61. The van der Waals surface area contributed by atoms with Gasteiger partial charge in [-0.25, -0.2) is 0 Å². The molecular formula is C64H67BN2S. The van der Waals surface area contributed by atoms with Crippen LogP contribution in [0.1, 0.15) is 135 Å². The topological polar surface area (TPSA) is 6.48 Å². The summed E-state index contributed by atoms with van der Waals surface area (Å²) >= 11 is 2.01. The summed E-state index contributed by atoms with van der Waals surface area (Å²) in [5.41, 5.74) is 22.4. The summed E-state index contributed by atoms with van der Waals surface area (Å²) in [6, 6.07) is 56.6. The third kappa shape index (κ3) is 7.02. The van der Waals surface area contributed by atoms with Crippen molar-refractivity contribution in [3.05, 3.63) is 185 Å². The summed E-state index contributed by atoms with van der Waals surface area (Å²) in [6.07, 6.45) is 2.33. The van der Waals surface area contributed by atoms with Gasteiger partial charge < -0.3 is 9.80 Å². The second-order valence-electron chi connectivity index (χ2n) is 24.2. The average molecular weight is 907 g/mol. The predicted octanol–water partition coefficient (Wildman–Crippen LogP) is 16.2. The number of benzene rings is 7. The summed E-state index contributed by atoms with van der Waals surface area (Å²) < 4.78 is 2.75. The van der Waals surface area contributed by atoms with Crippen molar-refractivity contribution in [2.45, 2.75) is 130 Å².